The molecule has 0 saturated heterocycles. The number of aryl methyl sites for hydroxylation is 1. The molecule has 7 aromatic rings. The Morgan fingerprint density at radius 1 is 0.812 bits per heavy atom. The quantitative estimate of drug-likeness (QED) is 0.179. The molecule has 9 rings (SSSR count). The van der Waals surface area contributed by atoms with Gasteiger partial charge in [-0.1, -0.05) is 130 Å². The summed E-state index contributed by atoms with van der Waals surface area (Å²) in [6, 6.07) is 35.3. The predicted molar refractivity (Wildman–Crippen MR) is 205 cm³/mol. The van der Waals surface area contributed by atoms with E-state index in [0.717, 1.165) is 46.3 Å². The molecule has 3 heteroatoms. The Bertz CT molecular complexity index is 2500. The maximum Gasteiger partial charge on any atom is 0.160 e. The second kappa shape index (κ2) is 12.1. The Morgan fingerprint density at radius 2 is 1.62 bits per heavy atom. The smallest absolute Gasteiger partial charge is 0.160 e. The van der Waals surface area contributed by atoms with Gasteiger partial charge < -0.3 is 4.57 Å². The number of benzene rings is 5. The van der Waals surface area contributed by atoms with E-state index < -0.39 is 0 Å². The molecule has 2 aliphatic rings. The lowest BCUT2D eigenvalue weighted by Crippen LogP contribution is -2.02. The number of hydrogen-bond acceptors (Lipinski definition) is 2. The van der Waals surface area contributed by atoms with Crippen LogP contribution < -0.4 is 0 Å². The fraction of sp³-hybridized carbons (Fsp3) is 0.111. The van der Waals surface area contributed by atoms with E-state index in [-0.39, 0.29) is 0 Å². The van der Waals surface area contributed by atoms with Crippen LogP contribution in [-0.4, -0.2) is 14.5 Å². The number of aromatic nitrogens is 3. The van der Waals surface area contributed by atoms with E-state index in [1.807, 2.05) is 45.1 Å². The fourth-order valence-electron chi connectivity index (χ4n) is 7.59. The molecule has 2 aliphatic carbocycles. The minimum Gasteiger partial charge on any atom is -0.309 e. The molecule has 2 aromatic heterocycles. The minimum atomic E-state index is 0.688. The molecule has 0 fully saturated rings. The Morgan fingerprint density at radius 3 is 2.46 bits per heavy atom. The van der Waals surface area contributed by atoms with Gasteiger partial charge in [0.05, 0.1) is 16.7 Å². The van der Waals surface area contributed by atoms with Gasteiger partial charge in [-0.05, 0) is 77.1 Å². The van der Waals surface area contributed by atoms with E-state index in [4.69, 9.17) is 9.97 Å². The Hall–Kier alpha value is -5.80. The third-order valence-corrected chi connectivity index (χ3v) is 9.46. The van der Waals surface area contributed by atoms with Crippen molar-refractivity contribution in [3.8, 4) is 39.2 Å². The third kappa shape index (κ3) is 4.50. The lowest BCUT2D eigenvalue weighted by Gasteiger charge is -2.16. The van der Waals surface area contributed by atoms with E-state index >= 15 is 0 Å². The second-order valence-corrected chi connectivity index (χ2v) is 12.1. The third-order valence-electron chi connectivity index (χ3n) is 9.46. The van der Waals surface area contributed by atoms with Crippen LogP contribution >= 0.6 is 0 Å². The van der Waals surface area contributed by atoms with E-state index in [2.05, 4.69) is 114 Å². The molecule has 5 aromatic carbocycles. The first kappa shape index (κ1) is 29.6. The van der Waals surface area contributed by atoms with E-state index in [1.54, 1.807) is 6.08 Å². The number of allylic oxidation sites excluding steroid dienone is 6. The summed E-state index contributed by atoms with van der Waals surface area (Å²) in [4.78, 5) is 10.1. The van der Waals surface area contributed by atoms with Gasteiger partial charge in [0.1, 0.15) is 0 Å². The van der Waals surface area contributed by atoms with Crippen LogP contribution in [0.1, 0.15) is 44.3 Å². The van der Waals surface area contributed by atoms with Crippen molar-refractivity contribution in [1.29, 1.82) is 0 Å². The van der Waals surface area contributed by atoms with Gasteiger partial charge in [-0.3, -0.25) is 0 Å². The van der Waals surface area contributed by atoms with Gasteiger partial charge in [-0.2, -0.15) is 0 Å². The molecule has 0 bridgehead atoms. The van der Waals surface area contributed by atoms with Crippen molar-refractivity contribution in [3.63, 3.8) is 0 Å². The van der Waals surface area contributed by atoms with Crippen molar-refractivity contribution < 1.29 is 0 Å². The van der Waals surface area contributed by atoms with Gasteiger partial charge in [0, 0.05) is 38.9 Å². The first-order chi connectivity index (χ1) is 23.7. The maximum atomic E-state index is 5.19. The summed E-state index contributed by atoms with van der Waals surface area (Å²) in [6.45, 7) is 9.94. The van der Waals surface area contributed by atoms with Crippen molar-refractivity contribution in [2.24, 2.45) is 0 Å². The summed E-state index contributed by atoms with van der Waals surface area (Å²) in [7, 11) is 0. The number of hydrogen-bond donors (Lipinski definition) is 0. The molecular weight excluding hydrogens is 583 g/mol. The molecule has 3 nitrogen and oxygen atoms in total. The highest BCUT2D eigenvalue weighted by molar-refractivity contribution is 6.21. The van der Waals surface area contributed by atoms with Crippen LogP contribution in [0.4, 0.5) is 0 Å². The largest absolute Gasteiger partial charge is 0.309 e. The Balaban J connectivity index is 0.00000165. The topological polar surface area (TPSA) is 30.7 Å². The van der Waals surface area contributed by atoms with Gasteiger partial charge >= 0.3 is 0 Å². The highest BCUT2D eigenvalue weighted by Gasteiger charge is 2.28. The first-order valence-corrected chi connectivity index (χ1v) is 17.0. The lowest BCUT2D eigenvalue weighted by molar-refractivity contribution is 0.968. The van der Waals surface area contributed by atoms with Crippen LogP contribution in [0.5, 0.6) is 0 Å². The summed E-state index contributed by atoms with van der Waals surface area (Å²) in [5.74, 6) is 0.688. The van der Waals surface area contributed by atoms with Crippen molar-refractivity contribution in [2.75, 3.05) is 0 Å². The molecule has 0 atom stereocenters. The van der Waals surface area contributed by atoms with Crippen LogP contribution in [0.2, 0.25) is 0 Å². The lowest BCUT2D eigenvalue weighted by atomic mass is 9.97. The Labute approximate surface area is 281 Å². The second-order valence-electron chi connectivity index (χ2n) is 12.1. The minimum absolute atomic E-state index is 0.688. The van der Waals surface area contributed by atoms with Crippen LogP contribution in [0.3, 0.4) is 0 Å². The van der Waals surface area contributed by atoms with Gasteiger partial charge in [0.15, 0.2) is 5.82 Å². The zero-order chi connectivity index (χ0) is 32.8. The average molecular weight is 620 g/mol. The summed E-state index contributed by atoms with van der Waals surface area (Å²) >= 11 is 0. The van der Waals surface area contributed by atoms with Gasteiger partial charge in [-0.25, -0.2) is 9.97 Å². The maximum absolute atomic E-state index is 5.19. The van der Waals surface area contributed by atoms with Crippen molar-refractivity contribution in [2.45, 2.75) is 33.6 Å². The van der Waals surface area contributed by atoms with Gasteiger partial charge in [0.25, 0.3) is 0 Å². The van der Waals surface area contributed by atoms with E-state index in [0.29, 0.717) is 5.82 Å². The van der Waals surface area contributed by atoms with Crippen molar-refractivity contribution in [1.82, 2.24) is 14.5 Å². The molecule has 0 amide bonds. The highest BCUT2D eigenvalue weighted by atomic mass is 15.0. The molecule has 0 spiro atoms. The average Bonchev–Trinajstić information content (AvgIpc) is 3.66. The summed E-state index contributed by atoms with van der Waals surface area (Å²) in [5.41, 5.74) is 14.2. The number of nitrogens with zero attached hydrogens (tertiary/aromatic N) is 3. The number of para-hydroxylation sites is 1. The zero-order valence-electron chi connectivity index (χ0n) is 27.7. The SMILES string of the molecule is C=C/C=C(\C=C/C)c1nc(-c2cccc(-n3c4c(c5ccc6c(c53)-c3cccc5cccc-6c35)CCC=C4)c2)c2ccccc2n1.CC. The van der Waals surface area contributed by atoms with Gasteiger partial charge in [0.2, 0.25) is 0 Å². The molecular formula is C45H37N3. The first-order valence-electron chi connectivity index (χ1n) is 17.0. The fourth-order valence-corrected chi connectivity index (χ4v) is 7.59. The molecule has 0 N–H and O–H groups in total. The van der Waals surface area contributed by atoms with Crippen molar-refractivity contribution >= 4 is 44.2 Å². The molecule has 0 saturated carbocycles. The van der Waals surface area contributed by atoms with Crippen LogP contribution in [0.15, 0.2) is 134 Å². The summed E-state index contributed by atoms with van der Waals surface area (Å²) < 4.78 is 2.50. The Kier molecular flexibility index (Phi) is 7.46. The highest BCUT2D eigenvalue weighted by Crippen LogP contribution is 2.52. The molecule has 0 unspecified atom stereocenters. The molecule has 2 heterocycles. The standard InChI is InChI=1S/C43H31N3.C2H6/c1-3-12-28(13-4-2)43-44-37-22-7-5-19-35(37)41(45-43)29-16-9-17-30(26-29)46-38-23-8-6-18-31(38)34-25-24-33-32-20-10-14-27-15-11-21-36(39(27)32)40(33)42(34)46;1-2/h3-5,7-17,19-26H,1,6,18H2,2H3;1-2H3/b13-4-,28-12+;. The molecule has 232 valence electrons. The molecule has 0 radical (unpaired) electrons. The van der Waals surface area contributed by atoms with Crippen LogP contribution in [0, 0.1) is 0 Å². The zero-order valence-corrected chi connectivity index (χ0v) is 27.7. The number of fused-ring (bicyclic) bond motifs is 8. The van der Waals surface area contributed by atoms with E-state index in [9.17, 15) is 0 Å². The number of rotatable bonds is 5. The molecule has 0 aliphatic heterocycles. The summed E-state index contributed by atoms with van der Waals surface area (Å²) in [5, 5.41) is 5.02. The van der Waals surface area contributed by atoms with Crippen molar-refractivity contribution in [3.05, 3.63) is 151 Å². The summed E-state index contributed by atoms with van der Waals surface area (Å²) in [6.07, 6.45) is 14.5. The van der Waals surface area contributed by atoms with E-state index in [1.165, 1.54) is 55.2 Å². The van der Waals surface area contributed by atoms with Crippen LogP contribution in [0.25, 0.3) is 83.4 Å². The van der Waals surface area contributed by atoms with Gasteiger partial charge in [-0.15, -0.1) is 0 Å². The molecule has 48 heavy (non-hydrogen) atoms. The van der Waals surface area contributed by atoms with Crippen LogP contribution in [-0.2, 0) is 6.42 Å². The normalized spacial score (nSPS) is 13.2. The predicted octanol–water partition coefficient (Wildman–Crippen LogP) is 12.2. The monoisotopic (exact) mass is 619 g/mol.